The lowest BCUT2D eigenvalue weighted by Crippen LogP contribution is -2.44. The minimum atomic E-state index is -3.62. The normalized spacial score (nSPS) is 14.7. The molecule has 0 amide bonds. The van der Waals surface area contributed by atoms with Gasteiger partial charge >= 0.3 is 0 Å². The van der Waals surface area contributed by atoms with Gasteiger partial charge in [0.15, 0.2) is 0 Å². The summed E-state index contributed by atoms with van der Waals surface area (Å²) in [6, 6.07) is 11.5. The van der Waals surface area contributed by atoms with Gasteiger partial charge in [-0.15, -0.1) is 49.6 Å². The molecule has 1 aliphatic heterocycles. The van der Waals surface area contributed by atoms with E-state index >= 15 is 0 Å². The Morgan fingerprint density at radius 1 is 0.769 bits per heavy atom. The molecule has 0 unspecified atom stereocenters. The second-order valence-corrected chi connectivity index (χ2v) is 10.0. The topological polar surface area (TPSA) is 152 Å². The van der Waals surface area contributed by atoms with E-state index in [1.807, 2.05) is 24.3 Å². The largest absolute Gasteiger partial charge is 0.412 e. The van der Waals surface area contributed by atoms with Crippen molar-refractivity contribution >= 4 is 76.1 Å². The van der Waals surface area contributed by atoms with Crippen LogP contribution in [0.15, 0.2) is 41.3 Å². The zero-order valence-electron chi connectivity index (χ0n) is 22.7. The van der Waals surface area contributed by atoms with Crippen LogP contribution in [0.25, 0.3) is 10.8 Å². The first kappa shape index (κ1) is 45.3. The van der Waals surface area contributed by atoms with Crippen molar-refractivity contribution < 1.29 is 19.4 Å². The smallest absolute Gasteiger partial charge is 0.241 e. The molecular formula is C24H48Cl4N6O4S. The maximum atomic E-state index is 13.2. The van der Waals surface area contributed by atoms with Gasteiger partial charge in [0.05, 0.1) is 4.90 Å². The van der Waals surface area contributed by atoms with Crippen LogP contribution in [0.2, 0.25) is 0 Å². The van der Waals surface area contributed by atoms with Crippen LogP contribution in [0.5, 0.6) is 0 Å². The van der Waals surface area contributed by atoms with E-state index in [9.17, 15) is 8.42 Å². The van der Waals surface area contributed by atoms with Crippen molar-refractivity contribution in [3.63, 3.8) is 0 Å². The number of nitrogens with zero attached hydrogens (tertiary/aromatic N) is 2. The van der Waals surface area contributed by atoms with Gasteiger partial charge in [0.2, 0.25) is 10.0 Å². The summed E-state index contributed by atoms with van der Waals surface area (Å²) in [6.07, 6.45) is 0. The number of hydrogen-bond donors (Lipinski definition) is 4. The molecule has 1 fully saturated rings. The molecule has 0 atom stereocenters. The molecule has 1 saturated heterocycles. The van der Waals surface area contributed by atoms with Gasteiger partial charge in [-0.3, -0.25) is 4.90 Å². The highest BCUT2D eigenvalue weighted by molar-refractivity contribution is 7.89. The van der Waals surface area contributed by atoms with E-state index < -0.39 is 10.0 Å². The lowest BCUT2D eigenvalue weighted by molar-refractivity contribution is 0.275. The fourth-order valence-corrected chi connectivity index (χ4v) is 5.53. The molecular weight excluding hydrogens is 610 g/mol. The lowest BCUT2D eigenvalue weighted by Gasteiger charge is -2.24. The Bertz CT molecular complexity index is 978. The number of sulfonamides is 1. The Morgan fingerprint density at radius 2 is 1.26 bits per heavy atom. The van der Waals surface area contributed by atoms with Crippen LogP contribution in [0.3, 0.4) is 0 Å². The van der Waals surface area contributed by atoms with E-state index in [1.54, 1.807) is 6.07 Å². The Labute approximate surface area is 258 Å². The highest BCUT2D eigenvalue weighted by Gasteiger charge is 2.19. The summed E-state index contributed by atoms with van der Waals surface area (Å²) < 4.78 is 29.3. The third-order valence-electron chi connectivity index (χ3n) is 6.14. The zero-order valence-corrected chi connectivity index (χ0v) is 26.8. The summed E-state index contributed by atoms with van der Waals surface area (Å²) in [5.74, 6) is 0. The maximum Gasteiger partial charge on any atom is 0.241 e. The molecule has 0 aliphatic carbocycles. The van der Waals surface area contributed by atoms with Gasteiger partial charge in [-0.25, -0.2) is 13.1 Å². The number of anilines is 1. The van der Waals surface area contributed by atoms with Gasteiger partial charge in [0, 0.05) is 95.0 Å². The number of fused-ring (bicyclic) bond motifs is 1. The van der Waals surface area contributed by atoms with Crippen LogP contribution in [0.1, 0.15) is 13.8 Å². The van der Waals surface area contributed by atoms with E-state index in [0.717, 1.165) is 81.9 Å². The molecule has 0 radical (unpaired) electrons. The van der Waals surface area contributed by atoms with Gasteiger partial charge in [-0.1, -0.05) is 24.3 Å². The van der Waals surface area contributed by atoms with Gasteiger partial charge in [-0.05, 0) is 26.0 Å². The molecule has 10 nitrogen and oxygen atoms in total. The molecule has 2 aromatic carbocycles. The minimum Gasteiger partial charge on any atom is -0.412 e. The van der Waals surface area contributed by atoms with Crippen molar-refractivity contribution in [2.45, 2.75) is 18.7 Å². The van der Waals surface area contributed by atoms with Crippen molar-refractivity contribution in [3.05, 3.63) is 36.4 Å². The first-order valence-corrected chi connectivity index (χ1v) is 13.7. The van der Waals surface area contributed by atoms with Crippen molar-refractivity contribution in [1.82, 2.24) is 25.6 Å². The first-order valence-electron chi connectivity index (χ1n) is 12.2. The Morgan fingerprint density at radius 3 is 1.79 bits per heavy atom. The standard InChI is InChI=1S/C24H40N6O2S.4ClH.2H2O/c1-3-30(4-2)23-9-5-8-22-21(23)7-6-10-24(22)33(31,32)28-17-20-29-18-15-26-13-11-25-12-14-27-16-19-29;;;;;;/h5-10,25-28H,3-4,11-20H2,1-2H3;4*1H;2*1H2. The fraction of sp³-hybridized carbons (Fsp3) is 0.583. The van der Waals surface area contributed by atoms with E-state index in [1.165, 1.54) is 0 Å². The predicted octanol–water partition coefficient (Wildman–Crippen LogP) is 1.09. The van der Waals surface area contributed by atoms with E-state index in [-0.39, 0.29) is 60.6 Å². The monoisotopic (exact) mass is 656 g/mol. The number of benzene rings is 2. The van der Waals surface area contributed by atoms with Crippen LogP contribution in [0.4, 0.5) is 5.69 Å². The maximum absolute atomic E-state index is 13.2. The Balaban J connectivity index is -0.00000102. The van der Waals surface area contributed by atoms with Crippen LogP contribution in [-0.4, -0.2) is 103 Å². The molecule has 0 bridgehead atoms. The summed E-state index contributed by atoms with van der Waals surface area (Å²) >= 11 is 0. The molecule has 39 heavy (non-hydrogen) atoms. The van der Waals surface area contributed by atoms with E-state index in [0.29, 0.717) is 18.0 Å². The summed E-state index contributed by atoms with van der Waals surface area (Å²) in [7, 11) is -3.62. The molecule has 232 valence electrons. The quantitative estimate of drug-likeness (QED) is 0.332. The van der Waals surface area contributed by atoms with Gasteiger partial charge in [0.25, 0.3) is 0 Å². The number of halogens is 4. The summed E-state index contributed by atoms with van der Waals surface area (Å²) in [4.78, 5) is 4.90. The first-order chi connectivity index (χ1) is 16.1. The third kappa shape index (κ3) is 13.7. The Kier molecular flexibility index (Phi) is 27.9. The van der Waals surface area contributed by atoms with Gasteiger partial charge in [0.1, 0.15) is 0 Å². The Hall–Kier alpha value is -0.670. The average Bonchev–Trinajstić information content (AvgIpc) is 2.81. The van der Waals surface area contributed by atoms with Gasteiger partial charge in [-0.2, -0.15) is 0 Å². The van der Waals surface area contributed by atoms with Crippen LogP contribution in [-0.2, 0) is 10.0 Å². The fourth-order valence-electron chi connectivity index (χ4n) is 4.29. The van der Waals surface area contributed by atoms with Crippen molar-refractivity contribution in [2.24, 2.45) is 0 Å². The third-order valence-corrected chi connectivity index (χ3v) is 7.66. The summed E-state index contributed by atoms with van der Waals surface area (Å²) in [6.45, 7) is 14.4. The lowest BCUT2D eigenvalue weighted by atomic mass is 10.1. The number of rotatable bonds is 8. The van der Waals surface area contributed by atoms with Gasteiger partial charge < -0.3 is 31.8 Å². The molecule has 0 aromatic heterocycles. The average molecular weight is 659 g/mol. The molecule has 0 spiro atoms. The second-order valence-electron chi connectivity index (χ2n) is 8.29. The molecule has 1 aliphatic rings. The highest BCUT2D eigenvalue weighted by Crippen LogP contribution is 2.31. The van der Waals surface area contributed by atoms with Crippen LogP contribution >= 0.6 is 49.6 Å². The molecule has 3 rings (SSSR count). The van der Waals surface area contributed by atoms with Crippen molar-refractivity contribution in [1.29, 1.82) is 0 Å². The van der Waals surface area contributed by atoms with E-state index in [4.69, 9.17) is 0 Å². The molecule has 15 heteroatoms. The zero-order chi connectivity index (χ0) is 23.5. The van der Waals surface area contributed by atoms with Crippen LogP contribution < -0.4 is 25.6 Å². The molecule has 1 heterocycles. The molecule has 2 aromatic rings. The molecule has 0 saturated carbocycles. The summed E-state index contributed by atoms with van der Waals surface area (Å²) in [5.41, 5.74) is 1.07. The van der Waals surface area contributed by atoms with E-state index in [2.05, 4.69) is 50.4 Å². The molecule has 8 N–H and O–H groups in total. The number of hydrogen-bond acceptors (Lipinski definition) is 7. The van der Waals surface area contributed by atoms with Crippen molar-refractivity contribution in [2.75, 3.05) is 83.4 Å². The number of nitrogens with one attached hydrogen (secondary N) is 4. The minimum absolute atomic E-state index is 0. The summed E-state index contributed by atoms with van der Waals surface area (Å²) in [5, 5.41) is 12.0. The predicted molar refractivity (Wildman–Crippen MR) is 174 cm³/mol. The van der Waals surface area contributed by atoms with Crippen molar-refractivity contribution in [3.8, 4) is 0 Å². The van der Waals surface area contributed by atoms with Crippen LogP contribution in [0, 0.1) is 0 Å². The SMILES string of the molecule is CCN(CC)c1cccc2c(S(=O)(=O)NCCN3CCNCCNCCNCC3)cccc12.Cl.Cl.Cl.Cl.O.O. The second kappa shape index (κ2) is 24.0. The highest BCUT2D eigenvalue weighted by atomic mass is 35.5.